The van der Waals surface area contributed by atoms with E-state index in [1.54, 1.807) is 0 Å². The fraction of sp³-hybridized carbons (Fsp3) is 0.636. The summed E-state index contributed by atoms with van der Waals surface area (Å²) in [7, 11) is 0. The van der Waals surface area contributed by atoms with Crippen LogP contribution in [-0.4, -0.2) is 64.2 Å². The maximum Gasteiger partial charge on any atom is 0.490 e. The van der Waals surface area contributed by atoms with Crippen LogP contribution < -0.4 is 4.90 Å². The van der Waals surface area contributed by atoms with E-state index >= 15 is 0 Å². The molecule has 2 aliphatic heterocycles. The first kappa shape index (κ1) is 24.0. The quantitative estimate of drug-likeness (QED) is 0.702. The first-order chi connectivity index (χ1) is 15.2. The van der Waals surface area contributed by atoms with Gasteiger partial charge in [0.2, 0.25) is 11.9 Å². The Morgan fingerprint density at radius 2 is 1.56 bits per heavy atom. The fourth-order valence-corrected chi connectivity index (χ4v) is 4.69. The second kappa shape index (κ2) is 10.3. The first-order valence-electron chi connectivity index (χ1n) is 10.9. The molecule has 1 N–H and O–H groups in total. The zero-order valence-corrected chi connectivity index (χ0v) is 17.9. The molecule has 1 spiro atoms. The van der Waals surface area contributed by atoms with Crippen molar-refractivity contribution in [2.24, 2.45) is 11.3 Å². The van der Waals surface area contributed by atoms with Crippen molar-refractivity contribution in [2.45, 2.75) is 51.1 Å². The number of piperidine rings is 1. The first-order valence-corrected chi connectivity index (χ1v) is 10.9. The Kier molecular flexibility index (Phi) is 7.73. The molecule has 3 heterocycles. The summed E-state index contributed by atoms with van der Waals surface area (Å²) in [6.07, 6.45) is 11.0. The Bertz CT molecular complexity index is 790. The number of rotatable bonds is 3. The van der Waals surface area contributed by atoms with Crippen LogP contribution in [0.4, 0.5) is 19.1 Å². The molecule has 1 aromatic rings. The molecule has 0 atom stereocenters. The Morgan fingerprint density at radius 1 is 1.03 bits per heavy atom. The van der Waals surface area contributed by atoms with Crippen molar-refractivity contribution >= 4 is 17.8 Å². The standard InChI is InChI=1S/C20H28N4O.C2HF3O2/c25-18(23-12-1-2-13-23)16-17-4-6-20(7-5-17)8-14-24(15-9-20)19-21-10-3-11-22-19;3-2(4,5)1(6)7/h1-3,10-11,17H,4-9,12-16H2;(H,6,7). The van der Waals surface area contributed by atoms with Gasteiger partial charge in [-0.05, 0) is 55.9 Å². The molecular weight excluding hydrogens is 425 g/mol. The molecule has 176 valence electrons. The zero-order chi connectivity index (χ0) is 23.2. The van der Waals surface area contributed by atoms with E-state index in [1.165, 1.54) is 38.5 Å². The van der Waals surface area contributed by atoms with Crippen LogP contribution >= 0.6 is 0 Å². The van der Waals surface area contributed by atoms with Crippen LogP contribution in [0.1, 0.15) is 44.9 Å². The van der Waals surface area contributed by atoms with E-state index in [1.807, 2.05) is 23.4 Å². The monoisotopic (exact) mass is 454 g/mol. The summed E-state index contributed by atoms with van der Waals surface area (Å²) in [5, 5.41) is 7.12. The molecule has 1 aromatic heterocycles. The van der Waals surface area contributed by atoms with Crippen LogP contribution in [0.15, 0.2) is 30.6 Å². The average molecular weight is 454 g/mol. The van der Waals surface area contributed by atoms with Crippen LogP contribution in [-0.2, 0) is 9.59 Å². The molecule has 0 bridgehead atoms. The van der Waals surface area contributed by atoms with Crippen LogP contribution in [0.25, 0.3) is 0 Å². The van der Waals surface area contributed by atoms with Gasteiger partial charge in [0.25, 0.3) is 0 Å². The lowest BCUT2D eigenvalue weighted by molar-refractivity contribution is -0.192. The number of carboxylic acid groups (broad SMARTS) is 1. The maximum atomic E-state index is 12.3. The van der Waals surface area contributed by atoms with Crippen molar-refractivity contribution < 1.29 is 27.9 Å². The number of hydrogen-bond acceptors (Lipinski definition) is 5. The van der Waals surface area contributed by atoms with E-state index < -0.39 is 12.1 Å². The average Bonchev–Trinajstić information content (AvgIpc) is 3.32. The largest absolute Gasteiger partial charge is 0.490 e. The number of carbonyl (C=O) groups excluding carboxylic acids is 1. The highest BCUT2D eigenvalue weighted by molar-refractivity contribution is 5.77. The Morgan fingerprint density at radius 3 is 2.06 bits per heavy atom. The number of aromatic nitrogens is 2. The number of anilines is 1. The van der Waals surface area contributed by atoms with Gasteiger partial charge in [0.05, 0.1) is 0 Å². The minimum atomic E-state index is -5.08. The maximum absolute atomic E-state index is 12.3. The molecule has 1 amide bonds. The molecule has 1 saturated carbocycles. The van der Waals surface area contributed by atoms with Gasteiger partial charge in [-0.3, -0.25) is 4.79 Å². The molecule has 3 aliphatic rings. The number of alkyl halides is 3. The summed E-state index contributed by atoms with van der Waals surface area (Å²) in [5.41, 5.74) is 0.500. The van der Waals surface area contributed by atoms with Gasteiger partial charge < -0.3 is 14.9 Å². The molecule has 0 unspecified atom stereocenters. The summed E-state index contributed by atoms with van der Waals surface area (Å²) in [6.45, 7) is 3.75. The number of halogens is 3. The highest BCUT2D eigenvalue weighted by Crippen LogP contribution is 2.47. The number of hydrogen-bond donors (Lipinski definition) is 1. The Balaban J connectivity index is 0.000000360. The number of aliphatic carboxylic acids is 1. The summed E-state index contributed by atoms with van der Waals surface area (Å²) >= 11 is 0. The molecular formula is C22H29F3N4O3. The van der Waals surface area contributed by atoms with Crippen LogP contribution in [0.2, 0.25) is 0 Å². The third-order valence-electron chi connectivity index (χ3n) is 6.70. The van der Waals surface area contributed by atoms with Crippen molar-refractivity contribution in [1.29, 1.82) is 0 Å². The highest BCUT2D eigenvalue weighted by Gasteiger charge is 2.39. The summed E-state index contributed by atoms with van der Waals surface area (Å²) in [6, 6.07) is 1.87. The van der Waals surface area contributed by atoms with Crippen LogP contribution in [0, 0.1) is 11.3 Å². The van der Waals surface area contributed by atoms with E-state index in [0.29, 0.717) is 17.2 Å². The molecule has 0 radical (unpaired) electrons. The fourth-order valence-electron chi connectivity index (χ4n) is 4.69. The lowest BCUT2D eigenvalue weighted by Crippen LogP contribution is -2.43. The predicted molar refractivity (Wildman–Crippen MR) is 112 cm³/mol. The third-order valence-corrected chi connectivity index (χ3v) is 6.70. The summed E-state index contributed by atoms with van der Waals surface area (Å²) in [4.78, 5) is 34.3. The van der Waals surface area contributed by atoms with E-state index in [9.17, 15) is 18.0 Å². The lowest BCUT2D eigenvalue weighted by atomic mass is 9.65. The van der Waals surface area contributed by atoms with Gasteiger partial charge in [-0.15, -0.1) is 0 Å². The molecule has 1 saturated heterocycles. The van der Waals surface area contributed by atoms with Gasteiger partial charge in [0, 0.05) is 45.0 Å². The number of amides is 1. The molecule has 1 aliphatic carbocycles. The second-order valence-corrected chi connectivity index (χ2v) is 8.76. The summed E-state index contributed by atoms with van der Waals surface area (Å²) in [5.74, 6) is -0.945. The number of nitrogens with zero attached hydrogens (tertiary/aromatic N) is 4. The normalized spacial score (nSPS) is 20.7. The molecule has 32 heavy (non-hydrogen) atoms. The molecule has 10 heteroatoms. The van der Waals surface area contributed by atoms with Crippen molar-refractivity contribution in [1.82, 2.24) is 14.9 Å². The van der Waals surface area contributed by atoms with Gasteiger partial charge in [-0.1, -0.05) is 12.2 Å². The van der Waals surface area contributed by atoms with Crippen LogP contribution in [0.3, 0.4) is 0 Å². The third kappa shape index (κ3) is 6.43. The van der Waals surface area contributed by atoms with Crippen molar-refractivity contribution in [3.63, 3.8) is 0 Å². The van der Waals surface area contributed by atoms with E-state index in [2.05, 4.69) is 27.0 Å². The predicted octanol–water partition coefficient (Wildman–Crippen LogP) is 3.68. The van der Waals surface area contributed by atoms with Crippen molar-refractivity contribution in [3.05, 3.63) is 30.6 Å². The Labute approximate surface area is 185 Å². The molecule has 7 nitrogen and oxygen atoms in total. The van der Waals surface area contributed by atoms with Crippen molar-refractivity contribution in [2.75, 3.05) is 31.1 Å². The lowest BCUT2D eigenvalue weighted by Gasteiger charge is -2.46. The van der Waals surface area contributed by atoms with E-state index in [-0.39, 0.29) is 0 Å². The summed E-state index contributed by atoms with van der Waals surface area (Å²) < 4.78 is 31.7. The highest BCUT2D eigenvalue weighted by atomic mass is 19.4. The zero-order valence-electron chi connectivity index (χ0n) is 17.9. The number of carboxylic acids is 1. The van der Waals surface area contributed by atoms with Gasteiger partial charge in [0.1, 0.15) is 0 Å². The minimum Gasteiger partial charge on any atom is -0.475 e. The van der Waals surface area contributed by atoms with Gasteiger partial charge >= 0.3 is 12.1 Å². The van der Waals surface area contributed by atoms with E-state index in [0.717, 1.165) is 38.5 Å². The Hall–Kier alpha value is -2.65. The van der Waals surface area contributed by atoms with Crippen LogP contribution in [0.5, 0.6) is 0 Å². The van der Waals surface area contributed by atoms with Crippen molar-refractivity contribution in [3.8, 4) is 0 Å². The molecule has 4 rings (SSSR count). The topological polar surface area (TPSA) is 86.6 Å². The van der Waals surface area contributed by atoms with Gasteiger partial charge in [-0.2, -0.15) is 13.2 Å². The minimum absolute atomic E-state index is 0.349. The number of carbonyl (C=O) groups is 2. The molecule has 0 aromatic carbocycles. The van der Waals surface area contributed by atoms with E-state index in [4.69, 9.17) is 9.90 Å². The molecule has 2 fully saturated rings. The second-order valence-electron chi connectivity index (χ2n) is 8.76. The SMILES string of the molecule is O=C(CC1CCC2(CC1)CCN(c1ncccn1)CC2)N1CC=CC1.O=C(O)C(F)(F)F. The van der Waals surface area contributed by atoms with Gasteiger partial charge in [0.15, 0.2) is 0 Å². The van der Waals surface area contributed by atoms with Gasteiger partial charge in [-0.25, -0.2) is 14.8 Å². The smallest absolute Gasteiger partial charge is 0.475 e.